The Morgan fingerprint density at radius 3 is 1.25 bits per heavy atom. The van der Waals surface area contributed by atoms with Crippen molar-refractivity contribution in [3.05, 3.63) is 0 Å². The van der Waals surface area contributed by atoms with Gasteiger partial charge in [0, 0.05) is 0 Å². The number of rotatable bonds is 0. The van der Waals surface area contributed by atoms with Crippen LogP contribution in [0.3, 0.4) is 0 Å². The van der Waals surface area contributed by atoms with Crippen molar-refractivity contribution in [1.29, 1.82) is 0 Å². The van der Waals surface area contributed by atoms with Gasteiger partial charge in [0.1, 0.15) is 0 Å². The van der Waals surface area contributed by atoms with E-state index < -0.39 is 18.6 Å². The molecule has 0 rings (SSSR count). The fourth-order valence-corrected chi connectivity index (χ4v) is 0.167. The number of carbonyl (C=O) groups is 2. The van der Waals surface area contributed by atoms with Crippen molar-refractivity contribution in [2.75, 3.05) is 14.2 Å². The van der Waals surface area contributed by atoms with Gasteiger partial charge in [0.2, 0.25) is 0 Å². The van der Waals surface area contributed by atoms with Crippen molar-refractivity contribution in [3.63, 3.8) is 0 Å². The van der Waals surface area contributed by atoms with E-state index in [1.807, 2.05) is 0 Å². The molecule has 0 spiro atoms. The van der Waals surface area contributed by atoms with Crippen LogP contribution in [0.25, 0.3) is 0 Å². The third-order valence-electron chi connectivity index (χ3n) is 0.537. The predicted molar refractivity (Wildman–Crippen MR) is 31.1 cm³/mol. The molecule has 0 aromatic carbocycles. The summed E-state index contributed by atoms with van der Waals surface area (Å²) in [6.07, 6.45) is 0. The van der Waals surface area contributed by atoms with E-state index in [0.29, 0.717) is 0 Å². The largest absolute Gasteiger partial charge is 0.461 e. The van der Waals surface area contributed by atoms with E-state index in [-0.39, 0.29) is 0 Å². The smallest absolute Gasteiger partial charge is 0.417 e. The molecule has 0 unspecified atom stereocenters. The van der Waals surface area contributed by atoms with Crippen molar-refractivity contribution < 1.29 is 32.2 Å². The molecule has 0 aliphatic carbocycles. The van der Waals surface area contributed by atoms with Crippen molar-refractivity contribution >= 4 is 11.9 Å². The van der Waals surface area contributed by atoms with E-state index in [0.717, 1.165) is 14.2 Å². The monoisotopic (exact) mass is 188 g/mol. The van der Waals surface area contributed by atoms with E-state index in [4.69, 9.17) is 0 Å². The van der Waals surface area contributed by atoms with E-state index in [2.05, 4.69) is 9.47 Å². The zero-order chi connectivity index (χ0) is 10.1. The summed E-state index contributed by atoms with van der Waals surface area (Å²) >= 11 is 0. The molecule has 0 N–H and O–H groups in total. The van der Waals surface area contributed by atoms with Crippen molar-refractivity contribution in [2.24, 2.45) is 0 Å². The molecule has 0 radical (unpaired) electrons. The summed E-state index contributed by atoms with van der Waals surface area (Å²) in [5.74, 6) is -1.96. The van der Waals surface area contributed by atoms with Crippen LogP contribution in [0.5, 0.6) is 0 Å². The minimum atomic E-state index is -3.67. The van der Waals surface area contributed by atoms with Crippen LogP contribution in [0.15, 0.2) is 0 Å². The SMILES string of the molecule is COC(=O)C(=O)OC.FC(F)F. The maximum atomic E-state index is 10.0. The third kappa shape index (κ3) is 11.5. The molecular formula is C5H7F3O4. The molecule has 0 atom stereocenters. The van der Waals surface area contributed by atoms with Crippen LogP contribution < -0.4 is 0 Å². The Morgan fingerprint density at radius 1 is 1.00 bits per heavy atom. The Balaban J connectivity index is 0. The van der Waals surface area contributed by atoms with Gasteiger partial charge < -0.3 is 9.47 Å². The van der Waals surface area contributed by atoms with Gasteiger partial charge in [-0.25, -0.2) is 9.59 Å². The average Bonchev–Trinajstić information content (AvgIpc) is 2.00. The van der Waals surface area contributed by atoms with Gasteiger partial charge in [-0.15, -0.1) is 0 Å². The normalized spacial score (nSPS) is 8.17. The van der Waals surface area contributed by atoms with Crippen LogP contribution in [-0.4, -0.2) is 32.8 Å². The zero-order valence-corrected chi connectivity index (χ0v) is 6.34. The van der Waals surface area contributed by atoms with Gasteiger partial charge in [0.15, 0.2) is 0 Å². The lowest BCUT2D eigenvalue weighted by molar-refractivity contribution is -0.164. The molecule has 0 saturated carbocycles. The fourth-order valence-electron chi connectivity index (χ4n) is 0.167. The second-order valence-corrected chi connectivity index (χ2v) is 1.23. The summed E-state index contributed by atoms with van der Waals surface area (Å²) in [6.45, 7) is -3.67. The first-order chi connectivity index (χ1) is 5.45. The van der Waals surface area contributed by atoms with Crippen LogP contribution in [-0.2, 0) is 19.1 Å². The molecule has 72 valence electrons. The van der Waals surface area contributed by atoms with Crippen LogP contribution in [0.1, 0.15) is 0 Å². The van der Waals surface area contributed by atoms with Gasteiger partial charge in [0.25, 0.3) is 0 Å². The second-order valence-electron chi connectivity index (χ2n) is 1.23. The summed E-state index contributed by atoms with van der Waals surface area (Å²) in [6, 6.07) is 0. The molecule has 0 saturated heterocycles. The molecule has 12 heavy (non-hydrogen) atoms. The van der Waals surface area contributed by atoms with Crippen molar-refractivity contribution in [1.82, 2.24) is 0 Å². The first kappa shape index (κ1) is 13.3. The van der Waals surface area contributed by atoms with Crippen LogP contribution >= 0.6 is 0 Å². The number of halogens is 3. The highest BCUT2D eigenvalue weighted by atomic mass is 19.4. The number of esters is 2. The highest BCUT2D eigenvalue weighted by Gasteiger charge is 2.11. The summed E-state index contributed by atoms with van der Waals surface area (Å²) in [5.41, 5.74) is 0. The third-order valence-corrected chi connectivity index (χ3v) is 0.537. The lowest BCUT2D eigenvalue weighted by atomic mass is 10.7. The maximum absolute atomic E-state index is 10.0. The molecule has 0 fully saturated rings. The number of methoxy groups -OCH3 is 2. The zero-order valence-electron chi connectivity index (χ0n) is 6.34. The van der Waals surface area contributed by atoms with Gasteiger partial charge in [0.05, 0.1) is 14.2 Å². The Labute approximate surface area is 66.3 Å². The summed E-state index contributed by atoms with van der Waals surface area (Å²) in [7, 11) is 2.22. The Kier molecular flexibility index (Phi) is 8.70. The quantitative estimate of drug-likeness (QED) is 0.410. The molecule has 0 aliphatic heterocycles. The van der Waals surface area contributed by atoms with Gasteiger partial charge in [-0.2, -0.15) is 13.2 Å². The van der Waals surface area contributed by atoms with E-state index >= 15 is 0 Å². The van der Waals surface area contributed by atoms with Gasteiger partial charge in [-0.05, 0) is 0 Å². The lowest BCUT2D eigenvalue weighted by Crippen LogP contribution is -2.16. The first-order valence-corrected chi connectivity index (χ1v) is 2.54. The average molecular weight is 188 g/mol. The van der Waals surface area contributed by atoms with Crippen molar-refractivity contribution in [2.45, 2.75) is 6.68 Å². The molecule has 7 heteroatoms. The Morgan fingerprint density at radius 2 is 1.17 bits per heavy atom. The lowest BCUT2D eigenvalue weighted by Gasteiger charge is -1.92. The highest BCUT2D eigenvalue weighted by Crippen LogP contribution is 1.87. The summed E-state index contributed by atoms with van der Waals surface area (Å²) in [4.78, 5) is 20.1. The standard InChI is InChI=1S/C4H6O4.CHF3/c1-7-3(5)4(6)8-2;2-1(3)4/h1-2H3;1H. The number of carbonyl (C=O) groups excluding carboxylic acids is 2. The molecule has 4 nitrogen and oxygen atoms in total. The maximum Gasteiger partial charge on any atom is 0.417 e. The van der Waals surface area contributed by atoms with Crippen LogP contribution in [0, 0.1) is 0 Å². The second kappa shape index (κ2) is 7.83. The topological polar surface area (TPSA) is 52.6 Å². The van der Waals surface area contributed by atoms with Crippen LogP contribution in [0.2, 0.25) is 0 Å². The Bertz CT molecular complexity index is 131. The molecule has 0 heterocycles. The molecule has 0 aromatic heterocycles. The van der Waals surface area contributed by atoms with E-state index in [9.17, 15) is 22.8 Å². The minimum Gasteiger partial charge on any atom is -0.461 e. The fraction of sp³-hybridized carbons (Fsp3) is 0.600. The number of alkyl halides is 3. The van der Waals surface area contributed by atoms with Crippen LogP contribution in [0.4, 0.5) is 13.2 Å². The highest BCUT2D eigenvalue weighted by molar-refractivity contribution is 6.29. The molecule has 0 aliphatic rings. The number of hydrogen-bond acceptors (Lipinski definition) is 4. The number of hydrogen-bond donors (Lipinski definition) is 0. The van der Waals surface area contributed by atoms with Gasteiger partial charge in [-0.1, -0.05) is 0 Å². The van der Waals surface area contributed by atoms with E-state index in [1.165, 1.54) is 0 Å². The summed E-state index contributed by atoms with van der Waals surface area (Å²) in [5, 5.41) is 0. The molecule has 0 amide bonds. The van der Waals surface area contributed by atoms with Crippen molar-refractivity contribution in [3.8, 4) is 0 Å². The number of ether oxygens (including phenoxy) is 2. The minimum absolute atomic E-state index is 0.979. The summed E-state index contributed by atoms with van der Waals surface area (Å²) < 4.78 is 37.0. The predicted octanol–water partition coefficient (Wildman–Crippen LogP) is 0.511. The van der Waals surface area contributed by atoms with Gasteiger partial charge in [-0.3, -0.25) is 0 Å². The molecule has 0 bridgehead atoms. The van der Waals surface area contributed by atoms with Gasteiger partial charge >= 0.3 is 18.6 Å². The molecular weight excluding hydrogens is 181 g/mol. The Hall–Kier alpha value is -1.27. The first-order valence-electron chi connectivity index (χ1n) is 2.54. The molecule has 0 aromatic rings. The van der Waals surface area contributed by atoms with E-state index in [1.54, 1.807) is 0 Å².